The van der Waals surface area contributed by atoms with Crippen LogP contribution in [0.2, 0.25) is 0 Å². The maximum absolute atomic E-state index is 13.0. The summed E-state index contributed by atoms with van der Waals surface area (Å²) < 4.78 is 3.21. The van der Waals surface area contributed by atoms with E-state index in [9.17, 15) is 9.59 Å². The Morgan fingerprint density at radius 3 is 2.69 bits per heavy atom. The van der Waals surface area contributed by atoms with E-state index in [1.54, 1.807) is 6.92 Å². The van der Waals surface area contributed by atoms with Gasteiger partial charge in [-0.05, 0) is 32.9 Å². The number of carbonyl (C=O) groups excluding carboxylic acids is 1. The van der Waals surface area contributed by atoms with Crippen molar-refractivity contribution in [1.82, 2.24) is 34.6 Å². The third-order valence-corrected chi connectivity index (χ3v) is 6.58. The van der Waals surface area contributed by atoms with Crippen LogP contribution in [0.1, 0.15) is 33.7 Å². The van der Waals surface area contributed by atoms with Crippen LogP contribution in [0.3, 0.4) is 0 Å². The fraction of sp³-hybridized carbons (Fsp3) is 0.318. The number of benzene rings is 1. The molecule has 1 aliphatic rings. The summed E-state index contributed by atoms with van der Waals surface area (Å²) in [7, 11) is 0. The summed E-state index contributed by atoms with van der Waals surface area (Å²) in [6.07, 6.45) is 0. The van der Waals surface area contributed by atoms with Crippen LogP contribution in [0, 0.1) is 20.8 Å². The molecule has 10 heteroatoms. The lowest BCUT2D eigenvalue weighted by Gasteiger charge is -2.34. The smallest absolute Gasteiger partial charge is 0.275 e. The molecule has 1 N–H and O–H groups in total. The third-order valence-electron chi connectivity index (χ3n) is 5.69. The lowest BCUT2D eigenvalue weighted by Crippen LogP contribution is -2.49. The molecule has 1 saturated heterocycles. The van der Waals surface area contributed by atoms with Gasteiger partial charge in [0.1, 0.15) is 11.0 Å². The van der Waals surface area contributed by atoms with E-state index < -0.39 is 6.04 Å². The predicted octanol–water partition coefficient (Wildman–Crippen LogP) is 1.94. The summed E-state index contributed by atoms with van der Waals surface area (Å²) in [5.41, 5.74) is 4.07. The first-order valence-corrected chi connectivity index (χ1v) is 11.2. The zero-order valence-corrected chi connectivity index (χ0v) is 18.9. The molecular formula is C22H23N7O2S. The van der Waals surface area contributed by atoms with Crippen LogP contribution in [0.25, 0.3) is 10.6 Å². The Labute approximate surface area is 188 Å². The first-order valence-electron chi connectivity index (χ1n) is 10.4. The Kier molecular flexibility index (Phi) is 5.10. The molecule has 1 fully saturated rings. The van der Waals surface area contributed by atoms with Crippen molar-refractivity contribution in [1.29, 1.82) is 0 Å². The molecule has 4 aromatic rings. The fourth-order valence-corrected chi connectivity index (χ4v) is 5.24. The second-order valence-corrected chi connectivity index (χ2v) is 8.96. The van der Waals surface area contributed by atoms with Gasteiger partial charge < -0.3 is 5.32 Å². The second-order valence-electron chi connectivity index (χ2n) is 7.92. The van der Waals surface area contributed by atoms with Gasteiger partial charge in [0.15, 0.2) is 0 Å². The average molecular weight is 450 g/mol. The minimum Gasteiger partial charge on any atom is -0.353 e. The average Bonchev–Trinajstić information content (AvgIpc) is 3.29. The number of carbonyl (C=O) groups is 1. The van der Waals surface area contributed by atoms with E-state index in [1.165, 1.54) is 21.9 Å². The van der Waals surface area contributed by atoms with Crippen molar-refractivity contribution < 1.29 is 4.79 Å². The Morgan fingerprint density at radius 2 is 1.91 bits per heavy atom. The molecule has 3 aromatic heterocycles. The van der Waals surface area contributed by atoms with Gasteiger partial charge in [-0.2, -0.15) is 14.7 Å². The van der Waals surface area contributed by atoms with Gasteiger partial charge in [0, 0.05) is 36.1 Å². The van der Waals surface area contributed by atoms with Gasteiger partial charge in [0.25, 0.3) is 5.56 Å². The van der Waals surface area contributed by atoms with E-state index in [1.807, 2.05) is 48.9 Å². The number of nitrogens with zero attached hydrogens (tertiary/aromatic N) is 6. The van der Waals surface area contributed by atoms with Crippen molar-refractivity contribution in [3.63, 3.8) is 0 Å². The Bertz CT molecular complexity index is 1370. The minimum absolute atomic E-state index is 0.0534. The Hall–Kier alpha value is -3.37. The molecule has 0 unspecified atom stereocenters. The number of nitrogens with one attached hydrogen (secondary N) is 1. The predicted molar refractivity (Wildman–Crippen MR) is 121 cm³/mol. The van der Waals surface area contributed by atoms with Crippen LogP contribution in [-0.4, -0.2) is 48.3 Å². The topological polar surface area (TPSA) is 97.4 Å². The molecule has 1 atom stereocenters. The first-order chi connectivity index (χ1) is 15.4. The summed E-state index contributed by atoms with van der Waals surface area (Å²) in [6.45, 7) is 7.39. The molecule has 0 radical (unpaired) electrons. The summed E-state index contributed by atoms with van der Waals surface area (Å²) in [6, 6.07) is 10.9. The molecule has 32 heavy (non-hydrogen) atoms. The van der Waals surface area contributed by atoms with Crippen molar-refractivity contribution >= 4 is 22.2 Å². The van der Waals surface area contributed by atoms with Crippen molar-refractivity contribution in [2.75, 3.05) is 13.1 Å². The van der Waals surface area contributed by atoms with Crippen LogP contribution in [-0.2, 0) is 11.3 Å². The Balaban J connectivity index is 1.53. The third kappa shape index (κ3) is 3.51. The maximum Gasteiger partial charge on any atom is 0.275 e. The molecule has 0 bridgehead atoms. The number of hydrogen-bond donors (Lipinski definition) is 1. The molecular weight excluding hydrogens is 426 g/mol. The molecule has 0 aliphatic carbocycles. The van der Waals surface area contributed by atoms with Crippen LogP contribution < -0.4 is 10.9 Å². The quantitative estimate of drug-likeness (QED) is 0.511. The van der Waals surface area contributed by atoms with Crippen molar-refractivity contribution in [2.45, 2.75) is 33.4 Å². The van der Waals surface area contributed by atoms with Gasteiger partial charge in [0.2, 0.25) is 10.9 Å². The minimum atomic E-state index is -0.486. The highest BCUT2D eigenvalue weighted by Crippen LogP contribution is 2.31. The van der Waals surface area contributed by atoms with Gasteiger partial charge in [0.05, 0.1) is 17.9 Å². The van der Waals surface area contributed by atoms with Gasteiger partial charge in [-0.3, -0.25) is 14.5 Å². The molecule has 1 aliphatic heterocycles. The number of rotatable bonds is 4. The normalized spacial score (nSPS) is 17.1. The number of para-hydroxylation sites is 1. The largest absolute Gasteiger partial charge is 0.353 e. The van der Waals surface area contributed by atoms with Gasteiger partial charge in [-0.1, -0.05) is 29.5 Å². The molecule has 5 rings (SSSR count). The molecule has 1 amide bonds. The van der Waals surface area contributed by atoms with Crippen LogP contribution in [0.4, 0.5) is 0 Å². The molecule has 9 nitrogen and oxygen atoms in total. The number of piperazine rings is 1. The Morgan fingerprint density at radius 1 is 1.12 bits per heavy atom. The highest BCUT2D eigenvalue weighted by molar-refractivity contribution is 7.16. The highest BCUT2D eigenvalue weighted by Gasteiger charge is 2.36. The number of aromatic nitrogens is 5. The van der Waals surface area contributed by atoms with E-state index in [0.717, 1.165) is 27.6 Å². The number of hydrogen-bond acceptors (Lipinski definition) is 7. The lowest BCUT2D eigenvalue weighted by molar-refractivity contribution is -0.129. The van der Waals surface area contributed by atoms with Gasteiger partial charge >= 0.3 is 0 Å². The molecule has 0 spiro atoms. The van der Waals surface area contributed by atoms with E-state index in [0.29, 0.717) is 30.3 Å². The number of fused-ring (bicyclic) bond motifs is 1. The zero-order valence-electron chi connectivity index (χ0n) is 18.1. The number of aryl methyl sites for hydroxylation is 2. The molecule has 0 saturated carbocycles. The highest BCUT2D eigenvalue weighted by atomic mass is 32.1. The van der Waals surface area contributed by atoms with Crippen molar-refractivity contribution in [3.05, 3.63) is 74.4 Å². The zero-order chi connectivity index (χ0) is 22.4. The van der Waals surface area contributed by atoms with Gasteiger partial charge in [-0.25, -0.2) is 9.67 Å². The van der Waals surface area contributed by atoms with Crippen LogP contribution in [0.15, 0.2) is 41.2 Å². The SMILES string of the molecule is Cc1cc(=O)n2nc(CN3CCNC(=O)[C@H]3c3c(C)nn(-c4ccccc4)c3C)sc2n1. The molecule has 164 valence electrons. The summed E-state index contributed by atoms with van der Waals surface area (Å²) in [4.78, 5) is 32.4. The van der Waals surface area contributed by atoms with Crippen LogP contribution in [0.5, 0.6) is 0 Å². The monoisotopic (exact) mass is 449 g/mol. The number of amides is 1. The van der Waals surface area contributed by atoms with Gasteiger partial charge in [-0.15, -0.1) is 0 Å². The van der Waals surface area contributed by atoms with E-state index in [2.05, 4.69) is 20.3 Å². The van der Waals surface area contributed by atoms with E-state index >= 15 is 0 Å². The first kappa shape index (κ1) is 20.5. The van der Waals surface area contributed by atoms with E-state index in [4.69, 9.17) is 5.10 Å². The summed E-state index contributed by atoms with van der Waals surface area (Å²) >= 11 is 1.37. The standard InChI is InChI=1S/C22H23N7O2S/c1-13-11-18(30)29-22(24-13)32-17(26-29)12-27-10-9-23-21(31)20(27)19-14(2)25-28(15(19)3)16-7-5-4-6-8-16/h4-8,11,20H,9-10,12H2,1-3H3,(H,23,31)/t20-/m1/s1. The second kappa shape index (κ2) is 7.95. The van der Waals surface area contributed by atoms with E-state index in [-0.39, 0.29) is 11.5 Å². The lowest BCUT2D eigenvalue weighted by atomic mass is 10.0. The molecule has 1 aromatic carbocycles. The summed E-state index contributed by atoms with van der Waals surface area (Å²) in [5, 5.41) is 12.9. The van der Waals surface area contributed by atoms with Crippen LogP contribution >= 0.6 is 11.3 Å². The summed E-state index contributed by atoms with van der Waals surface area (Å²) in [5.74, 6) is -0.0534. The maximum atomic E-state index is 13.0. The van der Waals surface area contributed by atoms with Crippen molar-refractivity contribution in [2.24, 2.45) is 0 Å². The molecule has 4 heterocycles. The fourth-order valence-electron chi connectivity index (χ4n) is 4.27. The van der Waals surface area contributed by atoms with Crippen molar-refractivity contribution in [3.8, 4) is 5.69 Å².